The molecule has 0 heterocycles. The third-order valence-electron chi connectivity index (χ3n) is 3.13. The van der Waals surface area contributed by atoms with Crippen molar-refractivity contribution in [3.63, 3.8) is 0 Å². The number of nitrogens with zero attached hydrogens (tertiary/aromatic N) is 2. The second kappa shape index (κ2) is 6.88. The van der Waals surface area contributed by atoms with E-state index in [2.05, 4.69) is 10.5 Å². The molecule has 126 valence electrons. The van der Waals surface area contributed by atoms with E-state index in [1.54, 1.807) is 31.2 Å². The van der Waals surface area contributed by atoms with Gasteiger partial charge in [-0.2, -0.15) is 18.3 Å². The third-order valence-corrected chi connectivity index (χ3v) is 3.46. The SMILES string of the molecule is C/C(=N/Nc1ccc(C(F)(F)F)cc1[N+](=O)[O-])c1ccccc1Cl. The van der Waals surface area contributed by atoms with Crippen LogP contribution in [-0.4, -0.2) is 10.6 Å². The monoisotopic (exact) mass is 357 g/mol. The van der Waals surface area contributed by atoms with E-state index >= 15 is 0 Å². The Hall–Kier alpha value is -2.61. The highest BCUT2D eigenvalue weighted by Gasteiger charge is 2.33. The maximum absolute atomic E-state index is 12.7. The molecule has 2 aromatic carbocycles. The molecule has 0 radical (unpaired) electrons. The summed E-state index contributed by atoms with van der Waals surface area (Å²) in [5.74, 6) is 0. The minimum Gasteiger partial charge on any atom is -0.271 e. The number of hydrogen-bond donors (Lipinski definition) is 1. The molecule has 0 fully saturated rings. The van der Waals surface area contributed by atoms with Crippen molar-refractivity contribution in [3.05, 3.63) is 68.7 Å². The number of nitrogens with one attached hydrogen (secondary N) is 1. The minimum absolute atomic E-state index is 0.153. The van der Waals surface area contributed by atoms with Crippen LogP contribution in [0.5, 0.6) is 0 Å². The number of hydrogen-bond acceptors (Lipinski definition) is 4. The van der Waals surface area contributed by atoms with Crippen molar-refractivity contribution in [3.8, 4) is 0 Å². The Bertz CT molecular complexity index is 807. The zero-order valence-electron chi connectivity index (χ0n) is 12.3. The van der Waals surface area contributed by atoms with Gasteiger partial charge in [0.2, 0.25) is 0 Å². The van der Waals surface area contributed by atoms with Crippen LogP contribution in [0, 0.1) is 10.1 Å². The van der Waals surface area contributed by atoms with E-state index in [1.165, 1.54) is 0 Å². The van der Waals surface area contributed by atoms with Gasteiger partial charge in [-0.15, -0.1) is 0 Å². The van der Waals surface area contributed by atoms with Crippen LogP contribution >= 0.6 is 11.6 Å². The molecule has 0 amide bonds. The number of hydrazone groups is 1. The van der Waals surface area contributed by atoms with Crippen LogP contribution in [0.1, 0.15) is 18.1 Å². The zero-order chi connectivity index (χ0) is 17.9. The number of alkyl halides is 3. The van der Waals surface area contributed by atoms with Crippen molar-refractivity contribution in [2.24, 2.45) is 5.10 Å². The summed E-state index contributed by atoms with van der Waals surface area (Å²) in [5.41, 5.74) is 1.46. The lowest BCUT2D eigenvalue weighted by Crippen LogP contribution is -2.07. The Balaban J connectivity index is 2.34. The molecule has 0 aliphatic carbocycles. The summed E-state index contributed by atoms with van der Waals surface area (Å²) >= 11 is 6.01. The molecular weight excluding hydrogens is 347 g/mol. The fourth-order valence-corrected chi connectivity index (χ4v) is 2.18. The summed E-state index contributed by atoms with van der Waals surface area (Å²) in [6, 6.07) is 8.98. The summed E-state index contributed by atoms with van der Waals surface area (Å²) in [5, 5.41) is 15.4. The average Bonchev–Trinajstić information content (AvgIpc) is 2.51. The van der Waals surface area contributed by atoms with Crippen LogP contribution in [-0.2, 0) is 6.18 Å². The molecule has 0 aliphatic heterocycles. The van der Waals surface area contributed by atoms with E-state index in [0.717, 1.165) is 12.1 Å². The topological polar surface area (TPSA) is 67.5 Å². The van der Waals surface area contributed by atoms with Gasteiger partial charge in [-0.25, -0.2) is 0 Å². The van der Waals surface area contributed by atoms with E-state index in [9.17, 15) is 23.3 Å². The van der Waals surface area contributed by atoms with Crippen LogP contribution < -0.4 is 5.43 Å². The number of anilines is 1. The maximum Gasteiger partial charge on any atom is 0.416 e. The molecule has 0 unspecified atom stereocenters. The van der Waals surface area contributed by atoms with E-state index in [-0.39, 0.29) is 5.69 Å². The molecule has 0 atom stereocenters. The van der Waals surface area contributed by atoms with E-state index in [4.69, 9.17) is 11.6 Å². The standard InChI is InChI=1S/C15H11ClF3N3O2/c1-9(11-4-2-3-5-12(11)16)20-21-13-7-6-10(15(17,18)19)8-14(13)22(23)24/h2-8,21H,1H3/b20-9-. The molecule has 24 heavy (non-hydrogen) atoms. The van der Waals surface area contributed by atoms with Gasteiger partial charge in [-0.1, -0.05) is 29.8 Å². The van der Waals surface area contributed by atoms with Gasteiger partial charge in [-0.3, -0.25) is 15.5 Å². The van der Waals surface area contributed by atoms with Gasteiger partial charge in [0, 0.05) is 16.7 Å². The van der Waals surface area contributed by atoms with Crippen LogP contribution in [0.3, 0.4) is 0 Å². The van der Waals surface area contributed by atoms with Gasteiger partial charge in [0.05, 0.1) is 16.2 Å². The van der Waals surface area contributed by atoms with Gasteiger partial charge in [-0.05, 0) is 25.1 Å². The molecule has 0 saturated carbocycles. The van der Waals surface area contributed by atoms with Crippen molar-refractivity contribution in [2.45, 2.75) is 13.1 Å². The molecule has 2 aromatic rings. The average molecular weight is 358 g/mol. The van der Waals surface area contributed by atoms with Crippen LogP contribution in [0.2, 0.25) is 5.02 Å². The van der Waals surface area contributed by atoms with E-state index in [1.807, 2.05) is 0 Å². The lowest BCUT2D eigenvalue weighted by molar-refractivity contribution is -0.384. The fraction of sp³-hybridized carbons (Fsp3) is 0.133. The Morgan fingerprint density at radius 2 is 1.92 bits per heavy atom. The molecule has 0 saturated heterocycles. The fourth-order valence-electron chi connectivity index (χ4n) is 1.91. The molecule has 9 heteroatoms. The minimum atomic E-state index is -4.67. The first-order valence-electron chi connectivity index (χ1n) is 6.61. The smallest absolute Gasteiger partial charge is 0.271 e. The van der Waals surface area contributed by atoms with Crippen molar-refractivity contribution < 1.29 is 18.1 Å². The highest BCUT2D eigenvalue weighted by Crippen LogP contribution is 2.35. The Morgan fingerprint density at radius 3 is 2.50 bits per heavy atom. The number of halogens is 4. The molecular formula is C15H11ClF3N3O2. The number of nitro groups is 1. The summed E-state index contributed by atoms with van der Waals surface area (Å²) < 4.78 is 38.0. The summed E-state index contributed by atoms with van der Waals surface area (Å²) in [6.45, 7) is 1.62. The van der Waals surface area contributed by atoms with Crippen molar-refractivity contribution in [1.29, 1.82) is 0 Å². The van der Waals surface area contributed by atoms with Crippen LogP contribution in [0.25, 0.3) is 0 Å². The molecule has 0 bridgehead atoms. The number of benzene rings is 2. The van der Waals surface area contributed by atoms with Gasteiger partial charge in [0.15, 0.2) is 0 Å². The van der Waals surface area contributed by atoms with Crippen LogP contribution in [0.15, 0.2) is 47.6 Å². The number of nitro benzene ring substituents is 1. The molecule has 0 spiro atoms. The highest BCUT2D eigenvalue weighted by molar-refractivity contribution is 6.34. The summed E-state index contributed by atoms with van der Waals surface area (Å²) in [7, 11) is 0. The molecule has 0 aromatic heterocycles. The molecule has 2 rings (SSSR count). The third kappa shape index (κ3) is 4.02. The van der Waals surface area contributed by atoms with Gasteiger partial charge in [0.25, 0.3) is 5.69 Å². The predicted molar refractivity (Wildman–Crippen MR) is 85.4 cm³/mol. The first kappa shape index (κ1) is 17.7. The van der Waals surface area contributed by atoms with Crippen molar-refractivity contribution in [2.75, 3.05) is 5.43 Å². The van der Waals surface area contributed by atoms with Gasteiger partial charge >= 0.3 is 6.18 Å². The Kier molecular flexibility index (Phi) is 5.08. The quantitative estimate of drug-likeness (QED) is 0.470. The number of rotatable bonds is 4. The highest BCUT2D eigenvalue weighted by atomic mass is 35.5. The predicted octanol–water partition coefficient (Wildman–Crippen LogP) is 5.10. The maximum atomic E-state index is 12.7. The van der Waals surface area contributed by atoms with Crippen molar-refractivity contribution in [1.82, 2.24) is 0 Å². The van der Waals surface area contributed by atoms with E-state index in [0.29, 0.717) is 22.4 Å². The summed E-state index contributed by atoms with van der Waals surface area (Å²) in [6.07, 6.45) is -4.67. The van der Waals surface area contributed by atoms with E-state index < -0.39 is 22.4 Å². The Morgan fingerprint density at radius 1 is 1.25 bits per heavy atom. The molecule has 0 aliphatic rings. The molecule has 5 nitrogen and oxygen atoms in total. The van der Waals surface area contributed by atoms with Crippen molar-refractivity contribution >= 4 is 28.7 Å². The second-order valence-corrected chi connectivity index (χ2v) is 5.18. The van der Waals surface area contributed by atoms with Gasteiger partial charge < -0.3 is 0 Å². The first-order chi connectivity index (χ1) is 11.2. The largest absolute Gasteiger partial charge is 0.416 e. The lowest BCUT2D eigenvalue weighted by Gasteiger charge is -2.09. The summed E-state index contributed by atoms with van der Waals surface area (Å²) in [4.78, 5) is 10.1. The first-order valence-corrected chi connectivity index (χ1v) is 6.99. The van der Waals surface area contributed by atoms with Crippen LogP contribution in [0.4, 0.5) is 24.5 Å². The second-order valence-electron chi connectivity index (χ2n) is 4.78. The Labute approximate surface area is 139 Å². The molecule has 1 N–H and O–H groups in total. The lowest BCUT2D eigenvalue weighted by atomic mass is 10.1. The van der Waals surface area contributed by atoms with Gasteiger partial charge in [0.1, 0.15) is 5.69 Å². The normalized spacial score (nSPS) is 12.1. The zero-order valence-corrected chi connectivity index (χ0v) is 13.0.